The summed E-state index contributed by atoms with van der Waals surface area (Å²) in [6, 6.07) is 0. The van der Waals surface area contributed by atoms with E-state index in [1.54, 1.807) is 7.11 Å². The Bertz CT molecular complexity index is 575. The van der Waals surface area contributed by atoms with Crippen LogP contribution < -0.4 is 10.6 Å². The molecule has 1 aliphatic carbocycles. The molecule has 0 bridgehead atoms. The molecular formula is C19H35N5O. The van der Waals surface area contributed by atoms with Gasteiger partial charge in [-0.3, -0.25) is 9.67 Å². The highest BCUT2D eigenvalue weighted by molar-refractivity contribution is 5.79. The lowest BCUT2D eigenvalue weighted by atomic mass is 9.67. The van der Waals surface area contributed by atoms with Crippen molar-refractivity contribution in [3.8, 4) is 0 Å². The molecule has 25 heavy (non-hydrogen) atoms. The van der Waals surface area contributed by atoms with E-state index in [2.05, 4.69) is 34.6 Å². The molecule has 1 aromatic heterocycles. The van der Waals surface area contributed by atoms with Crippen LogP contribution in [0.4, 0.5) is 0 Å². The molecule has 6 nitrogen and oxygen atoms in total. The number of hydrogen-bond acceptors (Lipinski definition) is 3. The van der Waals surface area contributed by atoms with Gasteiger partial charge in [0.15, 0.2) is 5.96 Å². The van der Waals surface area contributed by atoms with Crippen LogP contribution in [0.15, 0.2) is 4.99 Å². The minimum Gasteiger partial charge on any atom is -0.385 e. The fourth-order valence-corrected chi connectivity index (χ4v) is 3.77. The van der Waals surface area contributed by atoms with Crippen LogP contribution in [0.2, 0.25) is 0 Å². The molecule has 2 rings (SSSR count). The molecule has 0 aliphatic heterocycles. The van der Waals surface area contributed by atoms with E-state index < -0.39 is 0 Å². The Morgan fingerprint density at radius 2 is 2.04 bits per heavy atom. The van der Waals surface area contributed by atoms with Gasteiger partial charge < -0.3 is 15.4 Å². The van der Waals surface area contributed by atoms with E-state index in [9.17, 15) is 0 Å². The first kappa shape index (κ1) is 19.8. The zero-order valence-corrected chi connectivity index (χ0v) is 16.6. The molecule has 0 unspecified atom stereocenters. The van der Waals surface area contributed by atoms with Gasteiger partial charge >= 0.3 is 0 Å². The van der Waals surface area contributed by atoms with Crippen molar-refractivity contribution in [2.45, 2.75) is 58.9 Å². The third kappa shape index (κ3) is 4.75. The van der Waals surface area contributed by atoms with Crippen LogP contribution in [0.3, 0.4) is 0 Å². The van der Waals surface area contributed by atoms with E-state index in [0.29, 0.717) is 5.41 Å². The Morgan fingerprint density at radius 1 is 1.28 bits per heavy atom. The summed E-state index contributed by atoms with van der Waals surface area (Å²) in [7, 11) is 5.65. The third-order valence-electron chi connectivity index (χ3n) is 5.57. The lowest BCUT2D eigenvalue weighted by Gasteiger charge is -2.42. The Kier molecular flexibility index (Phi) is 7.29. The van der Waals surface area contributed by atoms with Gasteiger partial charge in [-0.05, 0) is 37.5 Å². The van der Waals surface area contributed by atoms with Crippen LogP contribution in [0.25, 0.3) is 0 Å². The SMILES string of the molecule is CCc1nn(C)c(CC)c1CNC(=NC)NCC1(CCOC)CCC1. The average Bonchev–Trinajstić information content (AvgIpc) is 2.90. The summed E-state index contributed by atoms with van der Waals surface area (Å²) in [6.07, 6.45) is 6.96. The number of nitrogens with zero attached hydrogens (tertiary/aromatic N) is 3. The van der Waals surface area contributed by atoms with Crippen molar-refractivity contribution < 1.29 is 4.74 Å². The van der Waals surface area contributed by atoms with E-state index >= 15 is 0 Å². The number of nitrogens with one attached hydrogen (secondary N) is 2. The second-order valence-electron chi connectivity index (χ2n) is 7.08. The highest BCUT2D eigenvalue weighted by Crippen LogP contribution is 2.43. The molecule has 0 radical (unpaired) electrons. The first-order chi connectivity index (χ1) is 12.1. The maximum atomic E-state index is 5.28. The van der Waals surface area contributed by atoms with E-state index in [4.69, 9.17) is 4.74 Å². The summed E-state index contributed by atoms with van der Waals surface area (Å²) >= 11 is 0. The molecule has 0 spiro atoms. The van der Waals surface area contributed by atoms with Crippen LogP contribution in [0, 0.1) is 5.41 Å². The lowest BCUT2D eigenvalue weighted by Crippen LogP contribution is -2.46. The molecule has 6 heteroatoms. The first-order valence-corrected chi connectivity index (χ1v) is 9.56. The molecule has 2 N–H and O–H groups in total. The third-order valence-corrected chi connectivity index (χ3v) is 5.57. The average molecular weight is 350 g/mol. The van der Waals surface area contributed by atoms with Gasteiger partial charge in [0.25, 0.3) is 0 Å². The largest absolute Gasteiger partial charge is 0.385 e. The molecule has 1 aromatic rings. The number of methoxy groups -OCH3 is 1. The lowest BCUT2D eigenvalue weighted by molar-refractivity contribution is 0.0732. The van der Waals surface area contributed by atoms with Crippen molar-refractivity contribution in [3.05, 3.63) is 17.0 Å². The predicted octanol–water partition coefficient (Wildman–Crippen LogP) is 2.42. The molecule has 1 fully saturated rings. The summed E-state index contributed by atoms with van der Waals surface area (Å²) in [5, 5.41) is 11.7. The topological polar surface area (TPSA) is 63.5 Å². The van der Waals surface area contributed by atoms with E-state index in [-0.39, 0.29) is 0 Å². The normalized spacial score (nSPS) is 16.6. The Labute approximate surface area is 152 Å². The van der Waals surface area contributed by atoms with Crippen molar-refractivity contribution in [2.24, 2.45) is 17.5 Å². The van der Waals surface area contributed by atoms with Crippen LogP contribution in [-0.4, -0.2) is 43.0 Å². The number of aromatic nitrogens is 2. The fourth-order valence-electron chi connectivity index (χ4n) is 3.77. The Morgan fingerprint density at radius 3 is 2.56 bits per heavy atom. The van der Waals surface area contributed by atoms with Crippen molar-refractivity contribution in [2.75, 3.05) is 27.3 Å². The Balaban J connectivity index is 1.93. The first-order valence-electron chi connectivity index (χ1n) is 9.56. The smallest absolute Gasteiger partial charge is 0.191 e. The predicted molar refractivity (Wildman–Crippen MR) is 103 cm³/mol. The number of ether oxygens (including phenoxy) is 1. The Hall–Kier alpha value is -1.56. The van der Waals surface area contributed by atoms with Gasteiger partial charge in [0.1, 0.15) is 0 Å². The standard InChI is InChI=1S/C19H35N5O/c1-6-16-15(17(7-2)24(4)23-16)13-21-18(20-3)22-14-19(9-8-10-19)11-12-25-5/h6-14H2,1-5H3,(H2,20,21,22). The summed E-state index contributed by atoms with van der Waals surface area (Å²) in [5.41, 5.74) is 4.17. The van der Waals surface area contributed by atoms with Gasteiger partial charge in [-0.1, -0.05) is 20.3 Å². The second kappa shape index (κ2) is 9.22. The fraction of sp³-hybridized carbons (Fsp3) is 0.789. The summed E-state index contributed by atoms with van der Waals surface area (Å²) in [4.78, 5) is 4.40. The number of aliphatic imine (C=N–C) groups is 1. The molecule has 142 valence electrons. The minimum atomic E-state index is 0.380. The van der Waals surface area contributed by atoms with Crippen LogP contribution >= 0.6 is 0 Å². The molecule has 1 aliphatic rings. The number of aryl methyl sites for hydroxylation is 2. The summed E-state index contributed by atoms with van der Waals surface area (Å²) in [6.45, 7) is 6.91. The number of guanidine groups is 1. The van der Waals surface area contributed by atoms with Crippen LogP contribution in [0.1, 0.15) is 56.5 Å². The van der Waals surface area contributed by atoms with Crippen molar-refractivity contribution >= 4 is 5.96 Å². The summed E-state index contributed by atoms with van der Waals surface area (Å²) in [5.74, 6) is 0.872. The molecule has 0 amide bonds. The maximum absolute atomic E-state index is 5.28. The number of hydrogen-bond donors (Lipinski definition) is 2. The highest BCUT2D eigenvalue weighted by atomic mass is 16.5. The van der Waals surface area contributed by atoms with Gasteiger partial charge in [-0.25, -0.2) is 0 Å². The van der Waals surface area contributed by atoms with E-state index in [0.717, 1.165) is 44.9 Å². The molecule has 0 aromatic carbocycles. The number of rotatable bonds is 9. The molecule has 0 atom stereocenters. The van der Waals surface area contributed by atoms with Crippen LogP contribution in [-0.2, 0) is 31.2 Å². The molecule has 1 saturated carbocycles. The molecule has 0 saturated heterocycles. The van der Waals surface area contributed by atoms with Gasteiger partial charge in [-0.2, -0.15) is 5.10 Å². The van der Waals surface area contributed by atoms with Gasteiger partial charge in [0.05, 0.1) is 5.69 Å². The van der Waals surface area contributed by atoms with Crippen LogP contribution in [0.5, 0.6) is 0 Å². The molecular weight excluding hydrogens is 314 g/mol. The van der Waals surface area contributed by atoms with Gasteiger partial charge in [-0.15, -0.1) is 0 Å². The highest BCUT2D eigenvalue weighted by Gasteiger charge is 2.36. The van der Waals surface area contributed by atoms with Crippen molar-refractivity contribution in [3.63, 3.8) is 0 Å². The monoisotopic (exact) mass is 349 g/mol. The van der Waals surface area contributed by atoms with Gasteiger partial charge in [0.2, 0.25) is 0 Å². The van der Waals surface area contributed by atoms with Crippen molar-refractivity contribution in [1.29, 1.82) is 0 Å². The summed E-state index contributed by atoms with van der Waals surface area (Å²) < 4.78 is 7.30. The second-order valence-corrected chi connectivity index (χ2v) is 7.08. The van der Waals surface area contributed by atoms with Gasteiger partial charge in [0, 0.05) is 52.2 Å². The van der Waals surface area contributed by atoms with Crippen molar-refractivity contribution in [1.82, 2.24) is 20.4 Å². The zero-order valence-electron chi connectivity index (χ0n) is 16.6. The van der Waals surface area contributed by atoms with E-state index in [1.807, 2.05) is 18.8 Å². The quantitative estimate of drug-likeness (QED) is 0.531. The molecule has 1 heterocycles. The minimum absolute atomic E-state index is 0.380. The zero-order chi connectivity index (χ0) is 18.3. The maximum Gasteiger partial charge on any atom is 0.191 e. The van der Waals surface area contributed by atoms with E-state index in [1.165, 1.54) is 36.2 Å².